The standard InChI is InChI=1S/C14H17ClFNO3S/c1-9(2)17(13-4-3-11(16)7-12(13)15)14(18)10-5-6-21(19,20)8-10/h3-4,7,9-10H,5-6,8H2,1-2H3/t10-/m1/s1. The van der Waals surface area contributed by atoms with Crippen molar-refractivity contribution in [1.82, 2.24) is 0 Å². The minimum Gasteiger partial charge on any atom is -0.308 e. The molecule has 1 aliphatic heterocycles. The van der Waals surface area contributed by atoms with Gasteiger partial charge in [-0.25, -0.2) is 12.8 Å². The molecule has 21 heavy (non-hydrogen) atoms. The number of rotatable bonds is 3. The highest BCUT2D eigenvalue weighted by Gasteiger charge is 2.37. The molecule has 1 fully saturated rings. The van der Waals surface area contributed by atoms with E-state index in [2.05, 4.69) is 0 Å². The zero-order chi connectivity index (χ0) is 15.8. The minimum absolute atomic E-state index is 0.0342. The van der Waals surface area contributed by atoms with E-state index in [4.69, 9.17) is 11.6 Å². The maximum atomic E-state index is 13.1. The van der Waals surface area contributed by atoms with E-state index in [0.717, 1.165) is 6.07 Å². The van der Waals surface area contributed by atoms with E-state index >= 15 is 0 Å². The van der Waals surface area contributed by atoms with Crippen molar-refractivity contribution >= 4 is 33.0 Å². The molecule has 116 valence electrons. The largest absolute Gasteiger partial charge is 0.308 e. The Morgan fingerprint density at radius 2 is 2.10 bits per heavy atom. The third-order valence-corrected chi connectivity index (χ3v) is 5.58. The third-order valence-electron chi connectivity index (χ3n) is 3.50. The Balaban J connectivity index is 2.33. The van der Waals surface area contributed by atoms with Crippen LogP contribution in [-0.2, 0) is 14.6 Å². The van der Waals surface area contributed by atoms with Gasteiger partial charge in [-0.2, -0.15) is 0 Å². The number of sulfone groups is 1. The van der Waals surface area contributed by atoms with Gasteiger partial charge in [0.1, 0.15) is 5.82 Å². The Bertz CT molecular complexity index is 660. The normalized spacial score (nSPS) is 20.7. The van der Waals surface area contributed by atoms with Crippen LogP contribution in [0.3, 0.4) is 0 Å². The Kier molecular flexibility index (Phi) is 4.58. The lowest BCUT2D eigenvalue weighted by atomic mass is 10.1. The molecular formula is C14H17ClFNO3S. The van der Waals surface area contributed by atoms with Crippen molar-refractivity contribution in [2.75, 3.05) is 16.4 Å². The number of anilines is 1. The Hall–Kier alpha value is -1.14. The molecule has 0 aliphatic carbocycles. The summed E-state index contributed by atoms with van der Waals surface area (Å²) in [6.07, 6.45) is 0.323. The van der Waals surface area contributed by atoms with Crippen LogP contribution in [0.25, 0.3) is 0 Å². The smallest absolute Gasteiger partial charge is 0.231 e. The number of benzene rings is 1. The molecule has 2 rings (SSSR count). The Morgan fingerprint density at radius 1 is 1.43 bits per heavy atom. The molecule has 0 bridgehead atoms. The molecule has 1 aromatic carbocycles. The van der Waals surface area contributed by atoms with Gasteiger partial charge in [-0.05, 0) is 38.5 Å². The van der Waals surface area contributed by atoms with Crippen LogP contribution < -0.4 is 4.90 Å². The maximum Gasteiger partial charge on any atom is 0.231 e. The SMILES string of the molecule is CC(C)N(C(=O)[C@@H]1CCS(=O)(=O)C1)c1ccc(F)cc1Cl. The summed E-state index contributed by atoms with van der Waals surface area (Å²) in [4.78, 5) is 14.1. The van der Waals surface area contributed by atoms with Crippen LogP contribution in [0.15, 0.2) is 18.2 Å². The highest BCUT2D eigenvalue weighted by atomic mass is 35.5. The summed E-state index contributed by atoms with van der Waals surface area (Å²) in [5.41, 5.74) is 0.405. The molecule has 1 amide bonds. The molecule has 7 heteroatoms. The second kappa shape index (κ2) is 5.93. The molecule has 0 radical (unpaired) electrons. The van der Waals surface area contributed by atoms with Crippen molar-refractivity contribution in [1.29, 1.82) is 0 Å². The first-order chi connectivity index (χ1) is 9.71. The zero-order valence-electron chi connectivity index (χ0n) is 11.8. The summed E-state index contributed by atoms with van der Waals surface area (Å²) in [6, 6.07) is 3.61. The predicted octanol–water partition coefficient (Wildman–Crippen LogP) is 2.66. The molecule has 4 nitrogen and oxygen atoms in total. The lowest BCUT2D eigenvalue weighted by molar-refractivity contribution is -0.122. The highest BCUT2D eigenvalue weighted by Crippen LogP contribution is 2.31. The number of amides is 1. The van der Waals surface area contributed by atoms with Crippen molar-refractivity contribution in [2.24, 2.45) is 5.92 Å². The van der Waals surface area contributed by atoms with Crippen LogP contribution in [0, 0.1) is 11.7 Å². The van der Waals surface area contributed by atoms with Crippen molar-refractivity contribution in [3.63, 3.8) is 0 Å². The van der Waals surface area contributed by atoms with E-state index in [1.807, 2.05) is 0 Å². The van der Waals surface area contributed by atoms with E-state index in [1.165, 1.54) is 17.0 Å². The van der Waals surface area contributed by atoms with E-state index < -0.39 is 21.6 Å². The molecule has 0 saturated carbocycles. The molecule has 1 aliphatic rings. The van der Waals surface area contributed by atoms with E-state index in [9.17, 15) is 17.6 Å². The monoisotopic (exact) mass is 333 g/mol. The average Bonchev–Trinajstić information content (AvgIpc) is 2.72. The van der Waals surface area contributed by atoms with Gasteiger partial charge in [-0.1, -0.05) is 11.6 Å². The summed E-state index contributed by atoms with van der Waals surface area (Å²) >= 11 is 6.02. The van der Waals surface area contributed by atoms with Crippen LogP contribution >= 0.6 is 11.6 Å². The van der Waals surface area contributed by atoms with Crippen LogP contribution in [0.2, 0.25) is 5.02 Å². The van der Waals surface area contributed by atoms with Gasteiger partial charge in [0.15, 0.2) is 9.84 Å². The lowest BCUT2D eigenvalue weighted by Crippen LogP contribution is -2.41. The van der Waals surface area contributed by atoms with Crippen molar-refractivity contribution in [3.05, 3.63) is 29.0 Å². The first-order valence-electron chi connectivity index (χ1n) is 6.70. The van der Waals surface area contributed by atoms with Crippen molar-refractivity contribution in [3.8, 4) is 0 Å². The second-order valence-corrected chi connectivity index (χ2v) is 8.13. The molecule has 1 aromatic rings. The molecule has 0 spiro atoms. The summed E-state index contributed by atoms with van der Waals surface area (Å²) in [5, 5.41) is 0.137. The van der Waals surface area contributed by atoms with Crippen LogP contribution in [0.1, 0.15) is 20.3 Å². The fourth-order valence-corrected chi connectivity index (χ4v) is 4.51. The molecule has 1 saturated heterocycles. The van der Waals surface area contributed by atoms with Gasteiger partial charge in [0.25, 0.3) is 0 Å². The quantitative estimate of drug-likeness (QED) is 0.854. The summed E-state index contributed by atoms with van der Waals surface area (Å²) in [5.74, 6) is -1.41. The van der Waals surface area contributed by atoms with E-state index in [-0.39, 0.29) is 28.5 Å². The first kappa shape index (κ1) is 16.2. The molecule has 1 heterocycles. The second-order valence-electron chi connectivity index (χ2n) is 5.50. The van der Waals surface area contributed by atoms with Crippen LogP contribution in [0.5, 0.6) is 0 Å². The molecule has 0 aromatic heterocycles. The molecule has 0 unspecified atom stereocenters. The fourth-order valence-electron chi connectivity index (χ4n) is 2.51. The van der Waals surface area contributed by atoms with Gasteiger partial charge in [0.05, 0.1) is 28.1 Å². The van der Waals surface area contributed by atoms with Gasteiger partial charge in [0.2, 0.25) is 5.91 Å². The topological polar surface area (TPSA) is 54.5 Å². The molecule has 0 N–H and O–H groups in total. The Morgan fingerprint density at radius 3 is 2.57 bits per heavy atom. The van der Waals surface area contributed by atoms with E-state index in [0.29, 0.717) is 12.1 Å². The molecule has 1 atom stereocenters. The summed E-state index contributed by atoms with van der Waals surface area (Å²) in [7, 11) is -3.14. The van der Waals surface area contributed by atoms with Crippen LogP contribution in [0.4, 0.5) is 10.1 Å². The highest BCUT2D eigenvalue weighted by molar-refractivity contribution is 7.91. The molecular weight excluding hydrogens is 317 g/mol. The van der Waals surface area contributed by atoms with E-state index in [1.54, 1.807) is 13.8 Å². The first-order valence-corrected chi connectivity index (χ1v) is 8.90. The zero-order valence-corrected chi connectivity index (χ0v) is 13.4. The summed E-state index contributed by atoms with van der Waals surface area (Å²) < 4.78 is 36.2. The fraction of sp³-hybridized carbons (Fsp3) is 0.500. The number of carbonyl (C=O) groups is 1. The lowest BCUT2D eigenvalue weighted by Gasteiger charge is -2.30. The van der Waals surface area contributed by atoms with Crippen molar-refractivity contribution in [2.45, 2.75) is 26.3 Å². The maximum absolute atomic E-state index is 13.1. The predicted molar refractivity (Wildman–Crippen MR) is 80.8 cm³/mol. The van der Waals surface area contributed by atoms with Gasteiger partial charge in [-0.3, -0.25) is 4.79 Å². The average molecular weight is 334 g/mol. The number of nitrogens with zero attached hydrogens (tertiary/aromatic N) is 1. The summed E-state index contributed by atoms with van der Waals surface area (Å²) in [6.45, 7) is 3.61. The van der Waals surface area contributed by atoms with Gasteiger partial charge in [-0.15, -0.1) is 0 Å². The minimum atomic E-state index is -3.14. The Labute approximate surface area is 128 Å². The number of carbonyl (C=O) groups excluding carboxylic acids is 1. The third kappa shape index (κ3) is 3.55. The van der Waals surface area contributed by atoms with Gasteiger partial charge >= 0.3 is 0 Å². The number of hydrogen-bond acceptors (Lipinski definition) is 3. The number of halogens is 2. The van der Waals surface area contributed by atoms with Crippen LogP contribution in [-0.4, -0.2) is 31.9 Å². The van der Waals surface area contributed by atoms with Crippen molar-refractivity contribution < 1.29 is 17.6 Å². The number of hydrogen-bond donors (Lipinski definition) is 0. The van der Waals surface area contributed by atoms with Gasteiger partial charge < -0.3 is 4.90 Å². The van der Waals surface area contributed by atoms with Gasteiger partial charge in [0, 0.05) is 6.04 Å².